The van der Waals surface area contributed by atoms with E-state index >= 15 is 0 Å². The van der Waals surface area contributed by atoms with Crippen molar-refractivity contribution in [2.45, 2.75) is 25.8 Å². The quantitative estimate of drug-likeness (QED) is 0.696. The SMILES string of the molecule is CC(C)(N)CNCCc1cscn1. The van der Waals surface area contributed by atoms with Gasteiger partial charge in [0, 0.05) is 30.4 Å². The first-order chi connectivity index (χ1) is 6.08. The van der Waals surface area contributed by atoms with E-state index in [0.717, 1.165) is 25.2 Å². The van der Waals surface area contributed by atoms with E-state index in [2.05, 4.69) is 15.7 Å². The molecule has 4 heteroatoms. The Bertz CT molecular complexity index is 226. The first-order valence-electron chi connectivity index (χ1n) is 4.44. The predicted molar refractivity (Wildman–Crippen MR) is 57.0 cm³/mol. The van der Waals surface area contributed by atoms with Gasteiger partial charge >= 0.3 is 0 Å². The molecule has 1 heterocycles. The monoisotopic (exact) mass is 199 g/mol. The number of hydrogen-bond acceptors (Lipinski definition) is 4. The third-order valence-electron chi connectivity index (χ3n) is 1.62. The molecule has 0 fully saturated rings. The van der Waals surface area contributed by atoms with E-state index in [1.807, 2.05) is 19.4 Å². The van der Waals surface area contributed by atoms with Crippen molar-refractivity contribution in [2.24, 2.45) is 5.73 Å². The Balaban J connectivity index is 2.09. The fourth-order valence-corrected chi connectivity index (χ4v) is 1.58. The van der Waals surface area contributed by atoms with E-state index < -0.39 is 0 Å². The van der Waals surface area contributed by atoms with Gasteiger partial charge in [-0.15, -0.1) is 11.3 Å². The molecule has 1 rings (SSSR count). The highest BCUT2D eigenvalue weighted by Crippen LogP contribution is 2.00. The molecule has 0 amide bonds. The van der Waals surface area contributed by atoms with Gasteiger partial charge in [-0.3, -0.25) is 0 Å². The van der Waals surface area contributed by atoms with Crippen LogP contribution in [0.3, 0.4) is 0 Å². The van der Waals surface area contributed by atoms with Gasteiger partial charge in [-0.25, -0.2) is 4.98 Å². The summed E-state index contributed by atoms with van der Waals surface area (Å²) in [5.74, 6) is 0. The van der Waals surface area contributed by atoms with Gasteiger partial charge in [-0.2, -0.15) is 0 Å². The minimum absolute atomic E-state index is 0.123. The topological polar surface area (TPSA) is 50.9 Å². The molecule has 0 saturated heterocycles. The summed E-state index contributed by atoms with van der Waals surface area (Å²) in [4.78, 5) is 4.20. The van der Waals surface area contributed by atoms with Crippen molar-refractivity contribution in [1.82, 2.24) is 10.3 Å². The summed E-state index contributed by atoms with van der Waals surface area (Å²) in [7, 11) is 0. The summed E-state index contributed by atoms with van der Waals surface area (Å²) in [6.07, 6.45) is 0.986. The van der Waals surface area contributed by atoms with Crippen molar-refractivity contribution in [3.63, 3.8) is 0 Å². The van der Waals surface area contributed by atoms with Crippen molar-refractivity contribution >= 4 is 11.3 Å². The zero-order valence-electron chi connectivity index (χ0n) is 8.21. The Hall–Kier alpha value is -0.450. The Morgan fingerprint density at radius 2 is 2.38 bits per heavy atom. The molecule has 0 aliphatic heterocycles. The van der Waals surface area contributed by atoms with Crippen LogP contribution in [-0.2, 0) is 6.42 Å². The molecule has 13 heavy (non-hydrogen) atoms. The summed E-state index contributed by atoms with van der Waals surface area (Å²) in [6, 6.07) is 0. The molecule has 0 bridgehead atoms. The lowest BCUT2D eigenvalue weighted by atomic mass is 10.1. The van der Waals surface area contributed by atoms with E-state index in [1.54, 1.807) is 11.3 Å². The van der Waals surface area contributed by atoms with Gasteiger partial charge < -0.3 is 11.1 Å². The molecule has 74 valence electrons. The summed E-state index contributed by atoms with van der Waals surface area (Å²) in [5, 5.41) is 5.38. The lowest BCUT2D eigenvalue weighted by molar-refractivity contribution is 0.468. The highest BCUT2D eigenvalue weighted by atomic mass is 32.1. The van der Waals surface area contributed by atoms with Crippen molar-refractivity contribution in [2.75, 3.05) is 13.1 Å². The second-order valence-corrected chi connectivity index (χ2v) is 4.61. The third kappa shape index (κ3) is 4.98. The molecule has 0 aromatic carbocycles. The van der Waals surface area contributed by atoms with E-state index in [9.17, 15) is 0 Å². The lowest BCUT2D eigenvalue weighted by Crippen LogP contribution is -2.43. The van der Waals surface area contributed by atoms with Crippen molar-refractivity contribution < 1.29 is 0 Å². The van der Waals surface area contributed by atoms with Gasteiger partial charge in [0.1, 0.15) is 0 Å². The number of nitrogens with zero attached hydrogens (tertiary/aromatic N) is 1. The largest absolute Gasteiger partial charge is 0.324 e. The Labute approximate surface area is 83.4 Å². The fraction of sp³-hybridized carbons (Fsp3) is 0.667. The maximum atomic E-state index is 5.82. The number of nitrogens with one attached hydrogen (secondary N) is 1. The molecular weight excluding hydrogens is 182 g/mol. The molecular formula is C9H17N3S. The minimum Gasteiger partial charge on any atom is -0.324 e. The first kappa shape index (κ1) is 10.6. The average Bonchev–Trinajstić information content (AvgIpc) is 2.48. The smallest absolute Gasteiger partial charge is 0.0794 e. The molecule has 0 aliphatic carbocycles. The van der Waals surface area contributed by atoms with Crippen LogP contribution in [-0.4, -0.2) is 23.6 Å². The Morgan fingerprint density at radius 1 is 1.62 bits per heavy atom. The van der Waals surface area contributed by atoms with Crippen LogP contribution in [0.1, 0.15) is 19.5 Å². The second-order valence-electron chi connectivity index (χ2n) is 3.90. The van der Waals surface area contributed by atoms with Crippen LogP contribution in [0.2, 0.25) is 0 Å². The second kappa shape index (κ2) is 4.69. The molecule has 0 aliphatic rings. The van der Waals surface area contributed by atoms with Gasteiger partial charge in [-0.1, -0.05) is 0 Å². The average molecular weight is 199 g/mol. The highest BCUT2D eigenvalue weighted by molar-refractivity contribution is 7.07. The van der Waals surface area contributed by atoms with E-state index in [4.69, 9.17) is 5.73 Å². The van der Waals surface area contributed by atoms with E-state index in [1.165, 1.54) is 0 Å². The standard InChI is InChI=1S/C9H17N3S/c1-9(2,10)6-11-4-3-8-5-13-7-12-8/h5,7,11H,3-4,6,10H2,1-2H3. The molecule has 1 aromatic heterocycles. The maximum Gasteiger partial charge on any atom is 0.0794 e. The van der Waals surface area contributed by atoms with Crippen LogP contribution in [0.5, 0.6) is 0 Å². The number of thiazole rings is 1. The number of rotatable bonds is 5. The summed E-state index contributed by atoms with van der Waals surface area (Å²) >= 11 is 1.64. The van der Waals surface area contributed by atoms with E-state index in [0.29, 0.717) is 0 Å². The molecule has 1 aromatic rings. The number of nitrogens with two attached hydrogens (primary N) is 1. The minimum atomic E-state index is -0.123. The zero-order chi connectivity index (χ0) is 9.73. The molecule has 0 atom stereocenters. The van der Waals surface area contributed by atoms with E-state index in [-0.39, 0.29) is 5.54 Å². The summed E-state index contributed by atoms with van der Waals surface area (Å²) in [6.45, 7) is 5.83. The summed E-state index contributed by atoms with van der Waals surface area (Å²) in [5.41, 5.74) is 8.72. The highest BCUT2D eigenvalue weighted by Gasteiger charge is 2.08. The van der Waals surface area contributed by atoms with Gasteiger partial charge in [0.2, 0.25) is 0 Å². The van der Waals surface area contributed by atoms with Crippen LogP contribution in [0.4, 0.5) is 0 Å². The normalized spacial score (nSPS) is 11.9. The molecule has 0 radical (unpaired) electrons. The Kier molecular flexibility index (Phi) is 3.84. The summed E-state index contributed by atoms with van der Waals surface area (Å²) < 4.78 is 0. The van der Waals surface area contributed by atoms with Crippen LogP contribution in [0.25, 0.3) is 0 Å². The van der Waals surface area contributed by atoms with Gasteiger partial charge in [0.25, 0.3) is 0 Å². The molecule has 0 spiro atoms. The molecule has 3 N–H and O–H groups in total. The first-order valence-corrected chi connectivity index (χ1v) is 5.39. The van der Waals surface area contributed by atoms with Crippen LogP contribution in [0, 0.1) is 0 Å². The van der Waals surface area contributed by atoms with Crippen molar-refractivity contribution in [3.8, 4) is 0 Å². The number of aromatic nitrogens is 1. The third-order valence-corrected chi connectivity index (χ3v) is 2.26. The van der Waals surface area contributed by atoms with Gasteiger partial charge in [0.15, 0.2) is 0 Å². The zero-order valence-corrected chi connectivity index (χ0v) is 9.03. The Morgan fingerprint density at radius 3 is 2.92 bits per heavy atom. The van der Waals surface area contributed by atoms with Crippen LogP contribution >= 0.6 is 11.3 Å². The lowest BCUT2D eigenvalue weighted by Gasteiger charge is -2.18. The van der Waals surface area contributed by atoms with Crippen LogP contribution in [0.15, 0.2) is 10.9 Å². The van der Waals surface area contributed by atoms with Crippen LogP contribution < -0.4 is 11.1 Å². The number of hydrogen-bond donors (Lipinski definition) is 2. The van der Waals surface area contributed by atoms with Gasteiger partial charge in [-0.05, 0) is 13.8 Å². The van der Waals surface area contributed by atoms with Crippen molar-refractivity contribution in [3.05, 3.63) is 16.6 Å². The molecule has 0 saturated carbocycles. The predicted octanol–water partition coefficient (Wildman–Crippen LogP) is 1.01. The fourth-order valence-electron chi connectivity index (χ4n) is 0.988. The maximum absolute atomic E-state index is 5.82. The van der Waals surface area contributed by atoms with Gasteiger partial charge in [0.05, 0.1) is 11.2 Å². The molecule has 3 nitrogen and oxygen atoms in total. The van der Waals surface area contributed by atoms with Crippen molar-refractivity contribution in [1.29, 1.82) is 0 Å². The molecule has 0 unspecified atom stereocenters.